The minimum Gasteiger partial charge on any atom is -0.497 e. The number of hydrogen-bond donors (Lipinski definition) is 0. The Morgan fingerprint density at radius 1 is 1.50 bits per heavy atom. The minimum atomic E-state index is -0.276. The molecule has 3 nitrogen and oxygen atoms in total. The van der Waals surface area contributed by atoms with E-state index in [9.17, 15) is 5.26 Å². The van der Waals surface area contributed by atoms with Gasteiger partial charge in [0.05, 0.1) is 19.1 Å². The number of rotatable bonds is 1. The van der Waals surface area contributed by atoms with Gasteiger partial charge < -0.3 is 9.47 Å². The lowest BCUT2D eigenvalue weighted by molar-refractivity contribution is 0.0792. The average molecular weight is 217 g/mol. The number of nitrogens with zero attached hydrogens (tertiary/aromatic N) is 1. The van der Waals surface area contributed by atoms with Crippen molar-refractivity contribution in [2.75, 3.05) is 7.11 Å². The van der Waals surface area contributed by atoms with Gasteiger partial charge in [0.1, 0.15) is 17.1 Å². The molecule has 1 aromatic rings. The first-order valence-electron chi connectivity index (χ1n) is 5.32. The maximum Gasteiger partial charge on any atom is 0.124 e. The Morgan fingerprint density at radius 3 is 2.88 bits per heavy atom. The molecule has 1 aliphatic rings. The van der Waals surface area contributed by atoms with Gasteiger partial charge in [0.25, 0.3) is 0 Å². The van der Waals surface area contributed by atoms with Crippen molar-refractivity contribution < 1.29 is 9.47 Å². The Labute approximate surface area is 95.6 Å². The van der Waals surface area contributed by atoms with E-state index in [1.807, 2.05) is 32.0 Å². The summed E-state index contributed by atoms with van der Waals surface area (Å²) in [6.07, 6.45) is 0.712. The summed E-state index contributed by atoms with van der Waals surface area (Å²) in [5, 5.41) is 9.19. The first kappa shape index (κ1) is 10.8. The molecule has 1 unspecified atom stereocenters. The number of ether oxygens (including phenoxy) is 2. The summed E-state index contributed by atoms with van der Waals surface area (Å²) in [5.41, 5.74) is 0.656. The zero-order valence-corrected chi connectivity index (χ0v) is 9.78. The van der Waals surface area contributed by atoms with Crippen molar-refractivity contribution in [3.8, 4) is 17.6 Å². The van der Waals surface area contributed by atoms with Crippen LogP contribution in [0.2, 0.25) is 0 Å². The highest BCUT2D eigenvalue weighted by molar-refractivity contribution is 5.46. The van der Waals surface area contributed by atoms with E-state index in [4.69, 9.17) is 9.47 Å². The van der Waals surface area contributed by atoms with Crippen LogP contribution in [0.5, 0.6) is 11.5 Å². The van der Waals surface area contributed by atoms with Crippen LogP contribution in [0.4, 0.5) is 0 Å². The lowest BCUT2D eigenvalue weighted by Gasteiger charge is -2.35. The highest BCUT2D eigenvalue weighted by atomic mass is 16.5. The molecular weight excluding hydrogens is 202 g/mol. The van der Waals surface area contributed by atoms with Gasteiger partial charge in [0.2, 0.25) is 0 Å². The molecule has 0 radical (unpaired) electrons. The maximum absolute atomic E-state index is 9.19. The predicted molar refractivity (Wildman–Crippen MR) is 60.7 cm³/mol. The molecule has 0 amide bonds. The van der Waals surface area contributed by atoms with Crippen LogP contribution in [0.1, 0.15) is 31.7 Å². The summed E-state index contributed by atoms with van der Waals surface area (Å²) >= 11 is 0. The summed E-state index contributed by atoms with van der Waals surface area (Å²) in [6, 6.07) is 7.95. The molecule has 0 fully saturated rings. The lowest BCUT2D eigenvalue weighted by Crippen LogP contribution is -2.34. The van der Waals surface area contributed by atoms with Crippen molar-refractivity contribution in [1.82, 2.24) is 0 Å². The van der Waals surface area contributed by atoms with Crippen LogP contribution in [-0.4, -0.2) is 12.7 Å². The van der Waals surface area contributed by atoms with E-state index < -0.39 is 0 Å². The number of benzene rings is 1. The highest BCUT2D eigenvalue weighted by Gasteiger charge is 2.33. The number of methoxy groups -OCH3 is 1. The summed E-state index contributed by atoms with van der Waals surface area (Å²) < 4.78 is 11.0. The molecule has 1 atom stereocenters. The molecule has 0 saturated carbocycles. The van der Waals surface area contributed by atoms with E-state index in [1.165, 1.54) is 0 Å². The van der Waals surface area contributed by atoms with Crippen molar-refractivity contribution in [3.05, 3.63) is 23.8 Å². The van der Waals surface area contributed by atoms with Gasteiger partial charge in [-0.05, 0) is 32.0 Å². The van der Waals surface area contributed by atoms with E-state index in [1.54, 1.807) is 7.11 Å². The largest absolute Gasteiger partial charge is 0.497 e. The third-order valence-electron chi connectivity index (χ3n) is 2.83. The molecule has 84 valence electrons. The van der Waals surface area contributed by atoms with Gasteiger partial charge >= 0.3 is 0 Å². The quantitative estimate of drug-likeness (QED) is 0.726. The van der Waals surface area contributed by atoms with Crippen molar-refractivity contribution in [3.63, 3.8) is 0 Å². The monoisotopic (exact) mass is 217 g/mol. The van der Waals surface area contributed by atoms with Gasteiger partial charge in [-0.25, -0.2) is 0 Å². The molecule has 0 spiro atoms. The SMILES string of the molecule is COc1ccc2c(c1)C(C#N)CC(C)(C)O2. The molecule has 16 heavy (non-hydrogen) atoms. The molecule has 3 heteroatoms. The molecular formula is C13H15NO2. The molecule has 0 bridgehead atoms. The predicted octanol–water partition coefficient (Wildman–Crippen LogP) is 2.86. The van der Waals surface area contributed by atoms with E-state index in [0.717, 1.165) is 17.1 Å². The van der Waals surface area contributed by atoms with E-state index >= 15 is 0 Å². The standard InChI is InChI=1S/C13H15NO2/c1-13(2)7-9(8-14)11-6-10(15-3)4-5-12(11)16-13/h4-6,9H,7H2,1-3H3. The van der Waals surface area contributed by atoms with Crippen LogP contribution in [0.3, 0.4) is 0 Å². The number of fused-ring (bicyclic) bond motifs is 1. The van der Waals surface area contributed by atoms with Gasteiger partial charge in [0, 0.05) is 12.0 Å². The van der Waals surface area contributed by atoms with Gasteiger partial charge in [-0.1, -0.05) is 0 Å². The van der Waals surface area contributed by atoms with E-state index in [0.29, 0.717) is 6.42 Å². The zero-order chi connectivity index (χ0) is 11.8. The smallest absolute Gasteiger partial charge is 0.124 e. The summed E-state index contributed by atoms with van der Waals surface area (Å²) in [4.78, 5) is 0. The van der Waals surface area contributed by atoms with E-state index in [-0.39, 0.29) is 11.5 Å². The van der Waals surface area contributed by atoms with Crippen LogP contribution in [0.15, 0.2) is 18.2 Å². The van der Waals surface area contributed by atoms with Crippen LogP contribution in [0, 0.1) is 11.3 Å². The Balaban J connectivity index is 2.47. The summed E-state index contributed by atoms with van der Waals surface area (Å²) in [6.45, 7) is 4.01. The van der Waals surface area contributed by atoms with Crippen LogP contribution < -0.4 is 9.47 Å². The molecule has 0 aliphatic carbocycles. The first-order chi connectivity index (χ1) is 7.55. The van der Waals surface area contributed by atoms with Gasteiger partial charge in [-0.2, -0.15) is 5.26 Å². The molecule has 1 heterocycles. The maximum atomic E-state index is 9.19. The van der Waals surface area contributed by atoms with Crippen molar-refractivity contribution in [1.29, 1.82) is 5.26 Å². The fraction of sp³-hybridized carbons (Fsp3) is 0.462. The summed E-state index contributed by atoms with van der Waals surface area (Å²) in [7, 11) is 1.62. The summed E-state index contributed by atoms with van der Waals surface area (Å²) in [5.74, 6) is 1.44. The third kappa shape index (κ3) is 1.83. The highest BCUT2D eigenvalue weighted by Crippen LogP contribution is 2.41. The Kier molecular flexibility index (Phi) is 2.51. The average Bonchev–Trinajstić information content (AvgIpc) is 2.26. The van der Waals surface area contributed by atoms with Crippen LogP contribution in [0.25, 0.3) is 0 Å². The Morgan fingerprint density at radius 2 is 2.25 bits per heavy atom. The minimum absolute atomic E-state index is 0.117. The van der Waals surface area contributed by atoms with Gasteiger partial charge in [-0.15, -0.1) is 0 Å². The lowest BCUT2D eigenvalue weighted by atomic mass is 9.85. The Bertz CT molecular complexity index is 446. The normalized spacial score (nSPS) is 21.5. The fourth-order valence-corrected chi connectivity index (χ4v) is 2.07. The topological polar surface area (TPSA) is 42.2 Å². The van der Waals surface area contributed by atoms with Crippen LogP contribution >= 0.6 is 0 Å². The van der Waals surface area contributed by atoms with Crippen molar-refractivity contribution in [2.45, 2.75) is 31.8 Å². The molecule has 0 N–H and O–H groups in total. The fourth-order valence-electron chi connectivity index (χ4n) is 2.07. The number of nitriles is 1. The zero-order valence-electron chi connectivity index (χ0n) is 9.78. The second kappa shape index (κ2) is 3.71. The second-order valence-corrected chi connectivity index (χ2v) is 4.65. The molecule has 0 aromatic heterocycles. The van der Waals surface area contributed by atoms with Crippen molar-refractivity contribution in [2.24, 2.45) is 0 Å². The van der Waals surface area contributed by atoms with E-state index in [2.05, 4.69) is 6.07 Å². The molecule has 1 aliphatic heterocycles. The molecule has 2 rings (SSSR count). The van der Waals surface area contributed by atoms with Crippen LogP contribution in [-0.2, 0) is 0 Å². The Hall–Kier alpha value is -1.69. The van der Waals surface area contributed by atoms with Gasteiger partial charge in [0.15, 0.2) is 0 Å². The molecule has 1 aromatic carbocycles. The van der Waals surface area contributed by atoms with Crippen molar-refractivity contribution >= 4 is 0 Å². The van der Waals surface area contributed by atoms with Gasteiger partial charge in [-0.3, -0.25) is 0 Å². The first-order valence-corrected chi connectivity index (χ1v) is 5.32. The number of hydrogen-bond acceptors (Lipinski definition) is 3. The second-order valence-electron chi connectivity index (χ2n) is 4.65. The molecule has 0 saturated heterocycles. The third-order valence-corrected chi connectivity index (χ3v) is 2.83.